The van der Waals surface area contributed by atoms with Crippen molar-refractivity contribution >= 4 is 22.8 Å². The molecule has 1 heterocycles. The fourth-order valence-corrected chi connectivity index (χ4v) is 3.12. The molecule has 0 aliphatic heterocycles. The van der Waals surface area contributed by atoms with E-state index in [9.17, 15) is 9.59 Å². The monoisotopic (exact) mass is 381 g/mol. The Balaban J connectivity index is 2.01. The van der Waals surface area contributed by atoms with Crippen molar-refractivity contribution in [2.24, 2.45) is 0 Å². The van der Waals surface area contributed by atoms with Crippen molar-refractivity contribution in [1.29, 1.82) is 0 Å². The fourth-order valence-electron chi connectivity index (χ4n) is 3.12. The molecule has 0 saturated heterocycles. The van der Waals surface area contributed by atoms with E-state index in [2.05, 4.69) is 0 Å². The summed E-state index contributed by atoms with van der Waals surface area (Å²) >= 11 is 0. The van der Waals surface area contributed by atoms with Crippen LogP contribution in [-0.4, -0.2) is 37.5 Å². The molecule has 3 aromatic rings. The van der Waals surface area contributed by atoms with Crippen molar-refractivity contribution in [1.82, 2.24) is 4.90 Å². The summed E-state index contributed by atoms with van der Waals surface area (Å²) in [5, 5.41) is 0.821. The molecule has 0 unspecified atom stereocenters. The average molecular weight is 381 g/mol. The average Bonchev–Trinajstić information content (AvgIpc) is 3.07. The molecule has 2 aromatic carbocycles. The Labute approximate surface area is 163 Å². The van der Waals surface area contributed by atoms with Gasteiger partial charge in [-0.25, -0.2) is 0 Å². The van der Waals surface area contributed by atoms with Crippen LogP contribution in [0.5, 0.6) is 0 Å². The van der Waals surface area contributed by atoms with Gasteiger partial charge in [0, 0.05) is 24.6 Å². The molecule has 1 amide bonds. The molecular weight excluding hydrogens is 358 g/mol. The lowest BCUT2D eigenvalue weighted by Gasteiger charge is -2.22. The van der Waals surface area contributed by atoms with E-state index in [1.807, 2.05) is 49.4 Å². The van der Waals surface area contributed by atoms with Crippen molar-refractivity contribution in [3.8, 4) is 0 Å². The van der Waals surface area contributed by atoms with E-state index in [1.165, 1.54) is 12.0 Å². The summed E-state index contributed by atoms with van der Waals surface area (Å²) in [7, 11) is 2.87. The molecule has 0 N–H and O–H groups in total. The molecule has 0 radical (unpaired) electrons. The van der Waals surface area contributed by atoms with Gasteiger partial charge in [0.2, 0.25) is 0 Å². The van der Waals surface area contributed by atoms with E-state index >= 15 is 0 Å². The molecule has 6 nitrogen and oxygen atoms in total. The zero-order valence-corrected chi connectivity index (χ0v) is 16.2. The first-order chi connectivity index (χ1) is 13.5. The Morgan fingerprint density at radius 2 is 1.75 bits per heavy atom. The van der Waals surface area contributed by atoms with E-state index in [-0.39, 0.29) is 31.4 Å². The van der Waals surface area contributed by atoms with Crippen LogP contribution < -0.4 is 0 Å². The summed E-state index contributed by atoms with van der Waals surface area (Å²) in [6, 6.07) is 15.1. The van der Waals surface area contributed by atoms with Gasteiger partial charge in [-0.15, -0.1) is 0 Å². The summed E-state index contributed by atoms with van der Waals surface area (Å²) < 4.78 is 15.9. The van der Waals surface area contributed by atoms with Crippen molar-refractivity contribution in [2.45, 2.75) is 20.1 Å². The van der Waals surface area contributed by atoms with Crippen LogP contribution in [0.2, 0.25) is 0 Å². The number of hydrogen-bond acceptors (Lipinski definition) is 5. The number of amides is 1. The first-order valence-corrected chi connectivity index (χ1v) is 8.95. The van der Waals surface area contributed by atoms with E-state index in [1.54, 1.807) is 13.2 Å². The minimum absolute atomic E-state index is 0.173. The summed E-state index contributed by atoms with van der Waals surface area (Å²) in [6.07, 6.45) is 0. The Bertz CT molecular complexity index is 992. The maximum Gasteiger partial charge on any atom is 0.325 e. The van der Waals surface area contributed by atoms with Crippen LogP contribution in [0.15, 0.2) is 52.9 Å². The maximum atomic E-state index is 13.3. The van der Waals surface area contributed by atoms with Gasteiger partial charge in [-0.05, 0) is 24.1 Å². The van der Waals surface area contributed by atoms with Gasteiger partial charge in [0.05, 0.1) is 13.7 Å². The van der Waals surface area contributed by atoms with E-state index in [0.29, 0.717) is 11.1 Å². The van der Waals surface area contributed by atoms with Crippen molar-refractivity contribution in [2.75, 3.05) is 20.8 Å². The number of methoxy groups -OCH3 is 2. The van der Waals surface area contributed by atoms with Crippen LogP contribution >= 0.6 is 0 Å². The number of furan rings is 1. The quantitative estimate of drug-likeness (QED) is 0.584. The fraction of sp³-hybridized carbons (Fsp3) is 0.273. The largest absolute Gasteiger partial charge is 0.468 e. The summed E-state index contributed by atoms with van der Waals surface area (Å²) in [4.78, 5) is 26.7. The summed E-state index contributed by atoms with van der Waals surface area (Å²) in [6.45, 7) is 2.29. The molecule has 0 fully saturated rings. The lowest BCUT2D eigenvalue weighted by molar-refractivity contribution is -0.141. The zero-order chi connectivity index (χ0) is 20.1. The van der Waals surface area contributed by atoms with Crippen LogP contribution in [-0.2, 0) is 27.4 Å². The van der Waals surface area contributed by atoms with Crippen LogP contribution in [0, 0.1) is 6.92 Å². The van der Waals surface area contributed by atoms with Crippen molar-refractivity contribution in [3.05, 3.63) is 71.0 Å². The number of ether oxygens (including phenoxy) is 2. The molecule has 0 saturated carbocycles. The van der Waals surface area contributed by atoms with Gasteiger partial charge in [-0.1, -0.05) is 42.5 Å². The first-order valence-electron chi connectivity index (χ1n) is 8.95. The van der Waals surface area contributed by atoms with Gasteiger partial charge >= 0.3 is 5.97 Å². The highest BCUT2D eigenvalue weighted by Gasteiger charge is 2.27. The Morgan fingerprint density at radius 1 is 1.04 bits per heavy atom. The Hall–Kier alpha value is -3.12. The third-order valence-electron chi connectivity index (χ3n) is 4.64. The van der Waals surface area contributed by atoms with Crippen molar-refractivity contribution in [3.63, 3.8) is 0 Å². The number of fused-ring (bicyclic) bond motifs is 1. The number of aryl methyl sites for hydroxylation is 1. The highest BCUT2D eigenvalue weighted by Crippen LogP contribution is 2.28. The van der Waals surface area contributed by atoms with E-state index in [0.717, 1.165) is 16.5 Å². The number of esters is 1. The number of para-hydroxylation sites is 1. The number of hydrogen-bond donors (Lipinski definition) is 0. The predicted molar refractivity (Wildman–Crippen MR) is 105 cm³/mol. The van der Waals surface area contributed by atoms with Crippen LogP contribution in [0.3, 0.4) is 0 Å². The Kier molecular flexibility index (Phi) is 6.11. The molecular formula is C22H23NO5. The SMILES string of the molecule is COCc1c(C(=O)N(CC(=O)OC)Cc2ccccc2C)oc2ccccc12. The topological polar surface area (TPSA) is 69.0 Å². The Morgan fingerprint density at radius 3 is 2.46 bits per heavy atom. The first kappa shape index (κ1) is 19.6. The van der Waals surface area contributed by atoms with E-state index in [4.69, 9.17) is 13.9 Å². The second kappa shape index (κ2) is 8.71. The van der Waals surface area contributed by atoms with Crippen LogP contribution in [0.1, 0.15) is 27.2 Å². The number of rotatable bonds is 7. The molecule has 0 aliphatic rings. The number of carbonyl (C=O) groups is 2. The van der Waals surface area contributed by atoms with Gasteiger partial charge in [-0.3, -0.25) is 9.59 Å². The highest BCUT2D eigenvalue weighted by atomic mass is 16.5. The lowest BCUT2D eigenvalue weighted by Crippen LogP contribution is -2.36. The van der Waals surface area contributed by atoms with Gasteiger partial charge < -0.3 is 18.8 Å². The minimum atomic E-state index is -0.494. The molecule has 0 bridgehead atoms. The third kappa shape index (κ3) is 4.07. The van der Waals surface area contributed by atoms with Gasteiger partial charge in [0.1, 0.15) is 12.1 Å². The minimum Gasteiger partial charge on any atom is -0.468 e. The molecule has 6 heteroatoms. The molecule has 0 spiro atoms. The maximum absolute atomic E-state index is 13.3. The van der Waals surface area contributed by atoms with E-state index < -0.39 is 5.97 Å². The molecule has 3 rings (SSSR count). The molecule has 0 atom stereocenters. The molecule has 146 valence electrons. The predicted octanol–water partition coefficient (Wildman–Crippen LogP) is 3.70. The standard InChI is InChI=1S/C22H23NO5/c1-15-8-4-5-9-16(15)12-23(13-20(24)27-3)22(25)21-18(14-26-2)17-10-6-7-11-19(17)28-21/h4-11H,12-14H2,1-3H3. The number of carbonyl (C=O) groups excluding carboxylic acids is 2. The summed E-state index contributed by atoms with van der Waals surface area (Å²) in [5.41, 5.74) is 3.26. The zero-order valence-electron chi connectivity index (χ0n) is 16.2. The van der Waals surface area contributed by atoms with Gasteiger partial charge in [0.25, 0.3) is 5.91 Å². The van der Waals surface area contributed by atoms with Crippen LogP contribution in [0.25, 0.3) is 11.0 Å². The second-order valence-corrected chi connectivity index (χ2v) is 6.50. The molecule has 28 heavy (non-hydrogen) atoms. The second-order valence-electron chi connectivity index (χ2n) is 6.50. The van der Waals surface area contributed by atoms with Gasteiger partial charge in [0.15, 0.2) is 5.76 Å². The smallest absolute Gasteiger partial charge is 0.325 e. The van der Waals surface area contributed by atoms with Gasteiger partial charge in [-0.2, -0.15) is 0 Å². The normalized spacial score (nSPS) is 10.8. The third-order valence-corrected chi connectivity index (χ3v) is 4.64. The number of nitrogens with zero attached hydrogens (tertiary/aromatic N) is 1. The summed E-state index contributed by atoms with van der Waals surface area (Å²) in [5.74, 6) is -0.691. The van der Waals surface area contributed by atoms with Crippen molar-refractivity contribution < 1.29 is 23.5 Å². The highest BCUT2D eigenvalue weighted by molar-refractivity contribution is 6.00. The number of benzene rings is 2. The molecule has 1 aromatic heterocycles. The molecule has 0 aliphatic carbocycles. The lowest BCUT2D eigenvalue weighted by atomic mass is 10.1. The van der Waals surface area contributed by atoms with Crippen LogP contribution in [0.4, 0.5) is 0 Å².